The second kappa shape index (κ2) is 13.4. The normalized spacial score (nSPS) is 17.2. The number of nitrogens with zero attached hydrogens (tertiary/aromatic N) is 2. The first-order valence-electron chi connectivity index (χ1n) is 10.8. The molecule has 0 spiro atoms. The first kappa shape index (κ1) is 26.1. The minimum absolute atomic E-state index is 0. The quantitative estimate of drug-likeness (QED) is 0.195. The third-order valence-electron chi connectivity index (χ3n) is 5.51. The highest BCUT2D eigenvalue weighted by Crippen LogP contribution is 2.29. The van der Waals surface area contributed by atoms with Gasteiger partial charge in [-0.1, -0.05) is 18.2 Å². The van der Waals surface area contributed by atoms with Crippen molar-refractivity contribution in [3.05, 3.63) is 29.8 Å². The molecule has 0 aliphatic carbocycles. The fourth-order valence-corrected chi connectivity index (χ4v) is 5.20. The Morgan fingerprint density at radius 1 is 1.23 bits per heavy atom. The molecule has 1 saturated heterocycles. The Balaban J connectivity index is 0.00000341. The number of rotatable bonds is 10. The highest BCUT2D eigenvalue weighted by Gasteiger charge is 2.28. The van der Waals surface area contributed by atoms with Crippen molar-refractivity contribution >= 4 is 45.6 Å². The summed E-state index contributed by atoms with van der Waals surface area (Å²) in [6.07, 6.45) is 3.80. The van der Waals surface area contributed by atoms with Gasteiger partial charge in [0, 0.05) is 53.1 Å². The summed E-state index contributed by atoms with van der Waals surface area (Å²) >= 11 is 0. The van der Waals surface area contributed by atoms with Gasteiger partial charge in [0.05, 0.1) is 11.4 Å². The zero-order valence-corrected chi connectivity index (χ0v) is 21.4. The summed E-state index contributed by atoms with van der Waals surface area (Å²) in [5, 5.41) is 6.30. The lowest BCUT2D eigenvalue weighted by Crippen LogP contribution is -2.42. The smallest absolute Gasteiger partial charge is 0.236 e. The third-order valence-corrected chi connectivity index (χ3v) is 7.28. The fourth-order valence-electron chi connectivity index (χ4n) is 3.77. The second-order valence-electron chi connectivity index (χ2n) is 7.68. The average Bonchev–Trinajstić information content (AvgIpc) is 3.20. The summed E-state index contributed by atoms with van der Waals surface area (Å²) < 4.78 is 38.1. The van der Waals surface area contributed by atoms with Gasteiger partial charge in [0.2, 0.25) is 10.0 Å². The molecule has 176 valence electrons. The van der Waals surface area contributed by atoms with E-state index >= 15 is 0 Å². The molecule has 0 saturated carbocycles. The maximum absolute atomic E-state index is 12.7. The summed E-state index contributed by atoms with van der Waals surface area (Å²) in [5.41, 5.74) is 1.89. The lowest BCUT2D eigenvalue weighted by Gasteiger charge is -2.21. The van der Waals surface area contributed by atoms with Crippen LogP contribution in [0.15, 0.2) is 29.3 Å². The zero-order chi connectivity index (χ0) is 21.2. The number of benzene rings is 1. The van der Waals surface area contributed by atoms with Gasteiger partial charge in [-0.15, -0.1) is 24.0 Å². The van der Waals surface area contributed by atoms with Gasteiger partial charge in [0.25, 0.3) is 0 Å². The maximum Gasteiger partial charge on any atom is 0.236 e. The molecule has 3 rings (SSSR count). The monoisotopic (exact) mass is 566 g/mol. The van der Waals surface area contributed by atoms with E-state index in [1.54, 1.807) is 7.05 Å². The van der Waals surface area contributed by atoms with Crippen LogP contribution >= 0.6 is 24.0 Å². The molecule has 2 heterocycles. The number of anilines is 1. The number of hydrogen-bond donors (Lipinski definition) is 2. The van der Waals surface area contributed by atoms with Gasteiger partial charge in [-0.25, -0.2) is 8.42 Å². The molecule has 10 heteroatoms. The predicted molar refractivity (Wildman–Crippen MR) is 135 cm³/mol. The summed E-state index contributed by atoms with van der Waals surface area (Å²) in [6.45, 7) is 4.73. The molecule has 0 radical (unpaired) electrons. The van der Waals surface area contributed by atoms with Crippen LogP contribution in [0, 0.1) is 5.92 Å². The Kier molecular flexibility index (Phi) is 11.3. The van der Waals surface area contributed by atoms with E-state index in [0.29, 0.717) is 31.6 Å². The van der Waals surface area contributed by atoms with Crippen molar-refractivity contribution in [2.45, 2.75) is 25.7 Å². The Labute approximate surface area is 203 Å². The molecule has 2 N–H and O–H groups in total. The molecule has 1 fully saturated rings. The predicted octanol–water partition coefficient (Wildman–Crippen LogP) is 2.00. The van der Waals surface area contributed by atoms with E-state index in [1.165, 1.54) is 4.31 Å². The lowest BCUT2D eigenvalue weighted by atomic mass is 10.0. The van der Waals surface area contributed by atoms with E-state index in [9.17, 15) is 8.42 Å². The Morgan fingerprint density at radius 2 is 1.97 bits per heavy atom. The van der Waals surface area contributed by atoms with Crippen LogP contribution in [0.5, 0.6) is 0 Å². The maximum atomic E-state index is 12.7. The number of hydrogen-bond acceptors (Lipinski definition) is 5. The Hall–Kier alpha value is -1.11. The summed E-state index contributed by atoms with van der Waals surface area (Å²) in [7, 11) is -1.68. The van der Waals surface area contributed by atoms with Crippen molar-refractivity contribution in [2.75, 3.05) is 63.2 Å². The molecule has 1 aromatic carbocycles. The van der Waals surface area contributed by atoms with Gasteiger partial charge < -0.3 is 20.1 Å². The number of para-hydroxylation sites is 1. The first-order chi connectivity index (χ1) is 14.6. The molecule has 2 aliphatic heterocycles. The van der Waals surface area contributed by atoms with Crippen molar-refractivity contribution in [1.82, 2.24) is 10.6 Å². The molecule has 0 unspecified atom stereocenters. The number of fused-ring (bicyclic) bond motifs is 1. The standard InChI is InChI=1S/C21H34N4O4S.HI/c1-22-21(23-10-4-13-29-17-18-8-14-28-15-9-18)24-11-16-30(26,27)25-12-7-19-5-2-3-6-20(19)25;/h2-3,5-6,18H,4,7-17H2,1H3,(H2,22,23,24);1H. The van der Waals surface area contributed by atoms with Crippen molar-refractivity contribution < 1.29 is 17.9 Å². The van der Waals surface area contributed by atoms with Crippen LogP contribution < -0.4 is 14.9 Å². The van der Waals surface area contributed by atoms with E-state index in [1.807, 2.05) is 24.3 Å². The summed E-state index contributed by atoms with van der Waals surface area (Å²) in [6, 6.07) is 7.69. The Morgan fingerprint density at radius 3 is 2.74 bits per heavy atom. The number of nitrogens with one attached hydrogen (secondary N) is 2. The number of ether oxygens (including phenoxy) is 2. The van der Waals surface area contributed by atoms with Crippen molar-refractivity contribution in [2.24, 2.45) is 10.9 Å². The molecular formula is C21H35IN4O4S. The number of aliphatic imine (C=N–C) groups is 1. The van der Waals surface area contributed by atoms with Crippen LogP contribution in [-0.2, 0) is 25.9 Å². The fraction of sp³-hybridized carbons (Fsp3) is 0.667. The number of sulfonamides is 1. The van der Waals surface area contributed by atoms with Gasteiger partial charge in [0.1, 0.15) is 0 Å². The van der Waals surface area contributed by atoms with E-state index in [-0.39, 0.29) is 29.7 Å². The van der Waals surface area contributed by atoms with Crippen LogP contribution in [0.25, 0.3) is 0 Å². The number of halogens is 1. The molecular weight excluding hydrogens is 531 g/mol. The topological polar surface area (TPSA) is 92.3 Å². The van der Waals surface area contributed by atoms with Crippen LogP contribution in [0.4, 0.5) is 5.69 Å². The van der Waals surface area contributed by atoms with Gasteiger partial charge in [-0.05, 0) is 43.2 Å². The van der Waals surface area contributed by atoms with Gasteiger partial charge >= 0.3 is 0 Å². The molecule has 1 aromatic rings. The molecule has 0 aromatic heterocycles. The minimum Gasteiger partial charge on any atom is -0.381 e. The molecule has 8 nitrogen and oxygen atoms in total. The van der Waals surface area contributed by atoms with Crippen LogP contribution in [0.1, 0.15) is 24.8 Å². The van der Waals surface area contributed by atoms with Gasteiger partial charge in [-0.2, -0.15) is 0 Å². The van der Waals surface area contributed by atoms with Crippen LogP contribution in [0.2, 0.25) is 0 Å². The average molecular weight is 567 g/mol. The van der Waals surface area contributed by atoms with E-state index in [2.05, 4.69) is 15.6 Å². The van der Waals surface area contributed by atoms with Gasteiger partial charge in [0.15, 0.2) is 5.96 Å². The van der Waals surface area contributed by atoms with Crippen molar-refractivity contribution in [3.63, 3.8) is 0 Å². The molecule has 31 heavy (non-hydrogen) atoms. The first-order valence-corrected chi connectivity index (χ1v) is 12.4. The lowest BCUT2D eigenvalue weighted by molar-refractivity contribution is 0.0203. The largest absolute Gasteiger partial charge is 0.381 e. The number of guanidine groups is 1. The second-order valence-corrected chi connectivity index (χ2v) is 9.69. The third kappa shape index (κ3) is 8.07. The van der Waals surface area contributed by atoms with E-state index < -0.39 is 10.0 Å². The highest BCUT2D eigenvalue weighted by atomic mass is 127. The molecule has 0 atom stereocenters. The molecule has 0 amide bonds. The van der Waals surface area contributed by atoms with E-state index in [4.69, 9.17) is 9.47 Å². The zero-order valence-electron chi connectivity index (χ0n) is 18.2. The Bertz CT molecular complexity index is 800. The van der Waals surface area contributed by atoms with Crippen molar-refractivity contribution in [1.29, 1.82) is 0 Å². The van der Waals surface area contributed by atoms with E-state index in [0.717, 1.165) is 63.3 Å². The SMILES string of the molecule is CN=C(NCCCOCC1CCOCC1)NCCS(=O)(=O)N1CCc2ccccc21.I. The minimum atomic E-state index is -3.36. The summed E-state index contributed by atoms with van der Waals surface area (Å²) in [4.78, 5) is 4.16. The molecule has 0 bridgehead atoms. The highest BCUT2D eigenvalue weighted by molar-refractivity contribution is 14.0. The van der Waals surface area contributed by atoms with Crippen LogP contribution in [-0.4, -0.2) is 73.2 Å². The van der Waals surface area contributed by atoms with Crippen molar-refractivity contribution in [3.8, 4) is 0 Å². The van der Waals surface area contributed by atoms with Gasteiger partial charge in [-0.3, -0.25) is 9.30 Å². The van der Waals surface area contributed by atoms with Crippen LogP contribution in [0.3, 0.4) is 0 Å². The molecule has 2 aliphatic rings. The summed E-state index contributed by atoms with van der Waals surface area (Å²) in [5.74, 6) is 1.25.